The van der Waals surface area contributed by atoms with E-state index in [0.717, 1.165) is 21.0 Å². The third-order valence-electron chi connectivity index (χ3n) is 2.93. The highest BCUT2D eigenvalue weighted by Gasteiger charge is 2.09. The van der Waals surface area contributed by atoms with Crippen molar-refractivity contribution in [3.05, 3.63) is 17.1 Å². The number of aromatic nitrogens is 1. The highest BCUT2D eigenvalue weighted by molar-refractivity contribution is 7.18. The Labute approximate surface area is 112 Å². The Hall–Kier alpha value is -1.29. The number of nitrogens with zero attached hydrogens (tertiary/aromatic N) is 1. The molecule has 0 aliphatic heterocycles. The van der Waals surface area contributed by atoms with E-state index < -0.39 is 0 Å². The molecule has 3 nitrogen and oxygen atoms in total. The number of aryl methyl sites for hydroxylation is 1. The smallest absolute Gasteiger partial charge is 0.144 e. The summed E-state index contributed by atoms with van der Waals surface area (Å²) in [6.45, 7) is 7.11. The number of anilines is 1. The van der Waals surface area contributed by atoms with E-state index in [-0.39, 0.29) is 0 Å². The SMILES string of the molecule is CCCC(C)COc1cc2nc(C)sc2cc1N. The molecule has 1 heterocycles. The Morgan fingerprint density at radius 3 is 2.94 bits per heavy atom. The molecule has 2 rings (SSSR count). The van der Waals surface area contributed by atoms with Crippen molar-refractivity contribution in [2.24, 2.45) is 5.92 Å². The molecule has 98 valence electrons. The van der Waals surface area contributed by atoms with Crippen LogP contribution in [0.3, 0.4) is 0 Å². The first-order valence-electron chi connectivity index (χ1n) is 6.39. The van der Waals surface area contributed by atoms with Gasteiger partial charge in [-0.15, -0.1) is 11.3 Å². The number of rotatable bonds is 5. The summed E-state index contributed by atoms with van der Waals surface area (Å²) in [6.07, 6.45) is 2.36. The first kappa shape index (κ1) is 13.1. The number of thiazole rings is 1. The van der Waals surface area contributed by atoms with Gasteiger partial charge in [0.1, 0.15) is 5.75 Å². The summed E-state index contributed by atoms with van der Waals surface area (Å²) in [5.74, 6) is 1.32. The second kappa shape index (κ2) is 5.57. The number of fused-ring (bicyclic) bond motifs is 1. The van der Waals surface area contributed by atoms with Gasteiger partial charge in [0.05, 0.1) is 27.5 Å². The lowest BCUT2D eigenvalue weighted by Gasteiger charge is -2.13. The third-order valence-corrected chi connectivity index (χ3v) is 3.87. The van der Waals surface area contributed by atoms with Crippen LogP contribution in [0.2, 0.25) is 0 Å². The van der Waals surface area contributed by atoms with Crippen molar-refractivity contribution in [1.82, 2.24) is 4.98 Å². The number of hydrogen-bond acceptors (Lipinski definition) is 4. The second-order valence-corrected chi connectivity index (χ2v) is 6.03. The topological polar surface area (TPSA) is 48.1 Å². The summed E-state index contributed by atoms with van der Waals surface area (Å²) >= 11 is 1.66. The van der Waals surface area contributed by atoms with Gasteiger partial charge in [-0.1, -0.05) is 20.3 Å². The maximum atomic E-state index is 6.01. The van der Waals surface area contributed by atoms with Crippen molar-refractivity contribution in [3.8, 4) is 5.75 Å². The van der Waals surface area contributed by atoms with Crippen LogP contribution in [0.1, 0.15) is 31.7 Å². The molecule has 0 saturated carbocycles. The van der Waals surface area contributed by atoms with E-state index in [2.05, 4.69) is 18.8 Å². The molecule has 0 aliphatic carbocycles. The zero-order chi connectivity index (χ0) is 13.1. The Morgan fingerprint density at radius 1 is 1.44 bits per heavy atom. The van der Waals surface area contributed by atoms with Crippen molar-refractivity contribution in [2.45, 2.75) is 33.6 Å². The first-order chi connectivity index (χ1) is 8.60. The maximum absolute atomic E-state index is 6.01. The third kappa shape index (κ3) is 2.93. The summed E-state index contributed by atoms with van der Waals surface area (Å²) in [6, 6.07) is 3.91. The fourth-order valence-corrected chi connectivity index (χ4v) is 2.88. The van der Waals surface area contributed by atoms with Crippen LogP contribution >= 0.6 is 11.3 Å². The van der Waals surface area contributed by atoms with Gasteiger partial charge in [0, 0.05) is 6.07 Å². The molecule has 4 heteroatoms. The zero-order valence-corrected chi connectivity index (χ0v) is 12.0. The van der Waals surface area contributed by atoms with Crippen molar-refractivity contribution < 1.29 is 4.74 Å². The second-order valence-electron chi connectivity index (χ2n) is 4.80. The van der Waals surface area contributed by atoms with Crippen molar-refractivity contribution >= 4 is 27.2 Å². The Morgan fingerprint density at radius 2 is 2.22 bits per heavy atom. The quantitative estimate of drug-likeness (QED) is 0.830. The number of hydrogen-bond donors (Lipinski definition) is 1. The molecular formula is C14H20N2OS. The molecule has 0 saturated heterocycles. The summed E-state index contributed by atoms with van der Waals surface area (Å²) in [5, 5.41) is 1.06. The monoisotopic (exact) mass is 264 g/mol. The van der Waals surface area contributed by atoms with Gasteiger partial charge in [-0.05, 0) is 25.3 Å². The largest absolute Gasteiger partial charge is 0.491 e. The normalized spacial score (nSPS) is 12.8. The van der Waals surface area contributed by atoms with Crippen LogP contribution < -0.4 is 10.5 Å². The molecule has 0 radical (unpaired) electrons. The molecule has 2 aromatic rings. The predicted molar refractivity (Wildman–Crippen MR) is 78.3 cm³/mol. The fraction of sp³-hybridized carbons (Fsp3) is 0.500. The first-order valence-corrected chi connectivity index (χ1v) is 7.21. The van der Waals surface area contributed by atoms with Gasteiger partial charge < -0.3 is 10.5 Å². The maximum Gasteiger partial charge on any atom is 0.144 e. The van der Waals surface area contributed by atoms with Crippen molar-refractivity contribution in [3.63, 3.8) is 0 Å². The van der Waals surface area contributed by atoms with Gasteiger partial charge in [0.2, 0.25) is 0 Å². The Bertz CT molecular complexity index is 536. The van der Waals surface area contributed by atoms with Crippen LogP contribution in [0.15, 0.2) is 12.1 Å². The van der Waals surface area contributed by atoms with E-state index >= 15 is 0 Å². The molecule has 1 aromatic carbocycles. The standard InChI is InChI=1S/C14H20N2OS/c1-4-5-9(2)8-17-13-7-12-14(6-11(13)15)18-10(3)16-12/h6-7,9H,4-5,8,15H2,1-3H3. The van der Waals surface area contributed by atoms with E-state index in [9.17, 15) is 0 Å². The van der Waals surface area contributed by atoms with Gasteiger partial charge >= 0.3 is 0 Å². The molecular weight excluding hydrogens is 244 g/mol. The van der Waals surface area contributed by atoms with E-state index in [1.807, 2.05) is 19.1 Å². The summed E-state index contributed by atoms with van der Waals surface area (Å²) < 4.78 is 6.93. The lowest BCUT2D eigenvalue weighted by Crippen LogP contribution is -2.09. The van der Waals surface area contributed by atoms with Crippen LogP contribution in [-0.2, 0) is 0 Å². The zero-order valence-electron chi connectivity index (χ0n) is 11.2. The summed E-state index contributed by atoms with van der Waals surface area (Å²) in [4.78, 5) is 4.46. The van der Waals surface area contributed by atoms with E-state index in [4.69, 9.17) is 10.5 Å². The molecule has 0 aliphatic rings. The van der Waals surface area contributed by atoms with E-state index in [1.165, 1.54) is 12.8 Å². The van der Waals surface area contributed by atoms with Gasteiger partial charge in [0.15, 0.2) is 0 Å². The molecule has 0 fully saturated rings. The molecule has 1 unspecified atom stereocenters. The molecule has 1 aromatic heterocycles. The minimum absolute atomic E-state index is 0.558. The highest BCUT2D eigenvalue weighted by atomic mass is 32.1. The van der Waals surface area contributed by atoms with Crippen LogP contribution in [0.25, 0.3) is 10.2 Å². The predicted octanol–water partition coefficient (Wildman–Crippen LogP) is 4.00. The van der Waals surface area contributed by atoms with Crippen LogP contribution in [0, 0.1) is 12.8 Å². The highest BCUT2D eigenvalue weighted by Crippen LogP contribution is 2.31. The van der Waals surface area contributed by atoms with Crippen LogP contribution in [-0.4, -0.2) is 11.6 Å². The number of nitrogens with two attached hydrogens (primary N) is 1. The average Bonchev–Trinajstić information content (AvgIpc) is 2.65. The molecule has 0 bridgehead atoms. The lowest BCUT2D eigenvalue weighted by atomic mass is 10.1. The van der Waals surface area contributed by atoms with Gasteiger partial charge in [-0.2, -0.15) is 0 Å². The van der Waals surface area contributed by atoms with Gasteiger partial charge in [-0.25, -0.2) is 4.98 Å². The lowest BCUT2D eigenvalue weighted by molar-refractivity contribution is 0.253. The average molecular weight is 264 g/mol. The van der Waals surface area contributed by atoms with E-state index in [1.54, 1.807) is 11.3 Å². The van der Waals surface area contributed by atoms with Gasteiger partial charge in [-0.3, -0.25) is 0 Å². The molecule has 1 atom stereocenters. The van der Waals surface area contributed by atoms with E-state index in [0.29, 0.717) is 18.2 Å². The number of benzene rings is 1. The van der Waals surface area contributed by atoms with Crippen LogP contribution in [0.4, 0.5) is 5.69 Å². The van der Waals surface area contributed by atoms with Gasteiger partial charge in [0.25, 0.3) is 0 Å². The van der Waals surface area contributed by atoms with Crippen molar-refractivity contribution in [1.29, 1.82) is 0 Å². The molecule has 18 heavy (non-hydrogen) atoms. The van der Waals surface area contributed by atoms with Crippen molar-refractivity contribution in [2.75, 3.05) is 12.3 Å². The van der Waals surface area contributed by atoms with Crippen LogP contribution in [0.5, 0.6) is 5.75 Å². The minimum Gasteiger partial charge on any atom is -0.491 e. The summed E-state index contributed by atoms with van der Waals surface area (Å²) in [7, 11) is 0. The molecule has 0 amide bonds. The fourth-order valence-electron chi connectivity index (χ4n) is 2.02. The Kier molecular flexibility index (Phi) is 4.07. The molecule has 0 spiro atoms. The number of nitrogen functional groups attached to an aromatic ring is 1. The minimum atomic E-state index is 0.558. The Balaban J connectivity index is 2.14. The summed E-state index contributed by atoms with van der Waals surface area (Å²) in [5.41, 5.74) is 7.69. The molecule has 2 N–H and O–H groups in total. The number of ether oxygens (including phenoxy) is 1.